The lowest BCUT2D eigenvalue weighted by Gasteiger charge is -2.23. The van der Waals surface area contributed by atoms with Crippen LogP contribution >= 0.6 is 0 Å². The Hall–Kier alpha value is -2.16. The van der Waals surface area contributed by atoms with Crippen LogP contribution in [0.15, 0.2) is 12.3 Å². The summed E-state index contributed by atoms with van der Waals surface area (Å²) in [6.07, 6.45) is 0.891. The van der Waals surface area contributed by atoms with Crippen molar-refractivity contribution in [1.82, 2.24) is 9.97 Å². The first kappa shape index (κ1) is 12.9. The Balaban J connectivity index is 2.86. The normalized spacial score (nSPS) is 10.5. The Morgan fingerprint density at radius 3 is 2.71 bits per heavy atom. The number of ether oxygens (including phenoxy) is 1. The third kappa shape index (κ3) is 3.72. The molecule has 0 radical (unpaired) electrons. The minimum absolute atomic E-state index is 0.0120. The van der Waals surface area contributed by atoms with Gasteiger partial charge < -0.3 is 4.74 Å². The van der Waals surface area contributed by atoms with E-state index in [1.807, 2.05) is 6.07 Å². The van der Waals surface area contributed by atoms with Gasteiger partial charge in [-0.05, 0) is 26.8 Å². The third-order valence-corrected chi connectivity index (χ3v) is 1.75. The van der Waals surface area contributed by atoms with Crippen molar-refractivity contribution in [3.63, 3.8) is 0 Å². The molecular formula is C11H14N4O2. The first-order chi connectivity index (χ1) is 7.83. The van der Waals surface area contributed by atoms with Gasteiger partial charge in [0.25, 0.3) is 0 Å². The van der Waals surface area contributed by atoms with Crippen LogP contribution in [0, 0.1) is 11.3 Å². The Labute approximate surface area is 99.9 Å². The van der Waals surface area contributed by atoms with Crippen molar-refractivity contribution >= 4 is 11.9 Å². The molecule has 1 aromatic rings. The maximum atomic E-state index is 11.7. The molecule has 1 aromatic heterocycles. The molecule has 90 valence electrons. The fourth-order valence-corrected chi connectivity index (χ4v) is 1.01. The summed E-state index contributed by atoms with van der Waals surface area (Å²) < 4.78 is 5.17. The van der Waals surface area contributed by atoms with Gasteiger partial charge in [0.15, 0.2) is 0 Å². The van der Waals surface area contributed by atoms with Gasteiger partial charge in [0.05, 0.1) is 0 Å². The van der Waals surface area contributed by atoms with Gasteiger partial charge in [0, 0.05) is 13.2 Å². The van der Waals surface area contributed by atoms with E-state index >= 15 is 0 Å². The summed E-state index contributed by atoms with van der Waals surface area (Å²) in [4.78, 5) is 20.6. The number of anilines is 1. The number of carbonyl (C=O) groups is 1. The molecule has 0 aliphatic rings. The first-order valence-electron chi connectivity index (χ1n) is 5.03. The standard InChI is InChI=1S/C11H14N4O2/c1-11(2,3)17-10(16)15(4)9-5-6-13-8(7-12)14-9/h5-6H,1-4H3. The van der Waals surface area contributed by atoms with Crippen LogP contribution < -0.4 is 4.90 Å². The highest BCUT2D eigenvalue weighted by atomic mass is 16.6. The van der Waals surface area contributed by atoms with Gasteiger partial charge >= 0.3 is 6.09 Å². The van der Waals surface area contributed by atoms with E-state index in [4.69, 9.17) is 10.00 Å². The van der Waals surface area contributed by atoms with Crippen LogP contribution in [0.5, 0.6) is 0 Å². The van der Waals surface area contributed by atoms with E-state index in [9.17, 15) is 4.79 Å². The summed E-state index contributed by atoms with van der Waals surface area (Å²) >= 11 is 0. The van der Waals surface area contributed by atoms with Crippen molar-refractivity contribution in [2.24, 2.45) is 0 Å². The number of hydrogen-bond acceptors (Lipinski definition) is 5. The predicted octanol–water partition coefficient (Wildman–Crippen LogP) is 1.72. The molecule has 0 aliphatic heterocycles. The largest absolute Gasteiger partial charge is 0.443 e. The van der Waals surface area contributed by atoms with E-state index in [0.29, 0.717) is 5.82 Å². The SMILES string of the molecule is CN(C(=O)OC(C)(C)C)c1ccnc(C#N)n1. The second-order valence-corrected chi connectivity index (χ2v) is 4.39. The minimum atomic E-state index is -0.573. The molecule has 0 N–H and O–H groups in total. The lowest BCUT2D eigenvalue weighted by molar-refractivity contribution is 0.0588. The predicted molar refractivity (Wildman–Crippen MR) is 61.4 cm³/mol. The number of carbonyl (C=O) groups excluding carboxylic acids is 1. The Morgan fingerprint density at radius 2 is 2.18 bits per heavy atom. The summed E-state index contributed by atoms with van der Waals surface area (Å²) in [5.41, 5.74) is -0.573. The fourth-order valence-electron chi connectivity index (χ4n) is 1.01. The molecule has 1 amide bonds. The number of nitriles is 1. The Bertz CT molecular complexity index is 459. The smallest absolute Gasteiger partial charge is 0.415 e. The molecule has 0 aliphatic carbocycles. The molecule has 17 heavy (non-hydrogen) atoms. The second-order valence-electron chi connectivity index (χ2n) is 4.39. The van der Waals surface area contributed by atoms with Crippen LogP contribution in [0.25, 0.3) is 0 Å². The number of nitrogens with zero attached hydrogens (tertiary/aromatic N) is 4. The molecule has 0 saturated carbocycles. The summed E-state index contributed by atoms with van der Waals surface area (Å²) in [6, 6.07) is 3.34. The van der Waals surface area contributed by atoms with Gasteiger partial charge in [-0.3, -0.25) is 4.90 Å². The minimum Gasteiger partial charge on any atom is -0.443 e. The average molecular weight is 234 g/mol. The Morgan fingerprint density at radius 1 is 1.53 bits per heavy atom. The first-order valence-corrected chi connectivity index (χ1v) is 5.03. The van der Waals surface area contributed by atoms with Crippen LogP contribution in [-0.4, -0.2) is 28.7 Å². The summed E-state index contributed by atoms with van der Waals surface area (Å²) in [6.45, 7) is 5.33. The molecule has 6 heteroatoms. The zero-order valence-electron chi connectivity index (χ0n) is 10.3. The fraction of sp³-hybridized carbons (Fsp3) is 0.455. The van der Waals surface area contributed by atoms with Crippen LogP contribution in [0.4, 0.5) is 10.6 Å². The zero-order valence-corrected chi connectivity index (χ0v) is 10.3. The molecule has 0 fully saturated rings. The lowest BCUT2D eigenvalue weighted by atomic mass is 10.2. The highest BCUT2D eigenvalue weighted by Crippen LogP contribution is 2.13. The van der Waals surface area contributed by atoms with Gasteiger partial charge in [0.1, 0.15) is 17.5 Å². The zero-order chi connectivity index (χ0) is 13.1. The maximum absolute atomic E-state index is 11.7. The van der Waals surface area contributed by atoms with Crippen LogP contribution in [0.2, 0.25) is 0 Å². The molecule has 0 atom stereocenters. The molecular weight excluding hydrogens is 220 g/mol. The van der Waals surface area contributed by atoms with Gasteiger partial charge in [-0.15, -0.1) is 0 Å². The molecule has 0 saturated heterocycles. The molecule has 6 nitrogen and oxygen atoms in total. The summed E-state index contributed by atoms with van der Waals surface area (Å²) in [5, 5.41) is 8.66. The van der Waals surface area contributed by atoms with E-state index in [0.717, 1.165) is 0 Å². The summed E-state index contributed by atoms with van der Waals surface area (Å²) in [7, 11) is 1.53. The Kier molecular flexibility index (Phi) is 3.63. The highest BCUT2D eigenvalue weighted by Gasteiger charge is 2.21. The van der Waals surface area contributed by atoms with Crippen molar-refractivity contribution in [2.45, 2.75) is 26.4 Å². The quantitative estimate of drug-likeness (QED) is 0.739. The summed E-state index contributed by atoms with van der Waals surface area (Å²) in [5.74, 6) is 0.337. The molecule has 0 aromatic carbocycles. The molecule has 1 rings (SSSR count). The highest BCUT2D eigenvalue weighted by molar-refractivity contribution is 5.85. The molecule has 1 heterocycles. The topological polar surface area (TPSA) is 79.1 Å². The lowest BCUT2D eigenvalue weighted by Crippen LogP contribution is -2.34. The molecule has 0 spiro atoms. The van der Waals surface area contributed by atoms with Crippen molar-refractivity contribution in [1.29, 1.82) is 5.26 Å². The third-order valence-electron chi connectivity index (χ3n) is 1.75. The monoisotopic (exact) mass is 234 g/mol. The number of aromatic nitrogens is 2. The second kappa shape index (κ2) is 4.78. The molecule has 0 bridgehead atoms. The van der Waals surface area contributed by atoms with Gasteiger partial charge in [0.2, 0.25) is 5.82 Å². The van der Waals surface area contributed by atoms with E-state index in [2.05, 4.69) is 9.97 Å². The van der Waals surface area contributed by atoms with Gasteiger partial charge in [-0.1, -0.05) is 0 Å². The van der Waals surface area contributed by atoms with E-state index < -0.39 is 11.7 Å². The van der Waals surface area contributed by atoms with Crippen molar-refractivity contribution in [3.05, 3.63) is 18.1 Å². The van der Waals surface area contributed by atoms with Gasteiger partial charge in [-0.25, -0.2) is 14.8 Å². The number of amides is 1. The van der Waals surface area contributed by atoms with Crippen LogP contribution in [-0.2, 0) is 4.74 Å². The van der Waals surface area contributed by atoms with Crippen LogP contribution in [0.3, 0.4) is 0 Å². The van der Waals surface area contributed by atoms with Crippen molar-refractivity contribution in [3.8, 4) is 6.07 Å². The van der Waals surface area contributed by atoms with E-state index in [1.165, 1.54) is 24.2 Å². The molecule has 0 unspecified atom stereocenters. The van der Waals surface area contributed by atoms with E-state index in [1.54, 1.807) is 20.8 Å². The maximum Gasteiger partial charge on any atom is 0.415 e. The van der Waals surface area contributed by atoms with Gasteiger partial charge in [-0.2, -0.15) is 5.26 Å². The number of hydrogen-bond donors (Lipinski definition) is 0. The van der Waals surface area contributed by atoms with Crippen molar-refractivity contribution < 1.29 is 9.53 Å². The van der Waals surface area contributed by atoms with Crippen LogP contribution in [0.1, 0.15) is 26.6 Å². The van der Waals surface area contributed by atoms with Crippen molar-refractivity contribution in [2.75, 3.05) is 11.9 Å². The number of rotatable bonds is 1. The van der Waals surface area contributed by atoms with E-state index in [-0.39, 0.29) is 5.82 Å². The average Bonchev–Trinajstić information content (AvgIpc) is 2.26.